The van der Waals surface area contributed by atoms with Crippen molar-refractivity contribution >= 4 is 0 Å². The minimum absolute atomic E-state index is 0.122. The molecule has 82 valence electrons. The summed E-state index contributed by atoms with van der Waals surface area (Å²) >= 11 is 0. The fourth-order valence-corrected chi connectivity index (χ4v) is 2.12. The molecule has 3 heteroatoms. The predicted octanol–water partition coefficient (Wildman–Crippen LogP) is 1.16. The normalized spacial score (nSPS) is 32.6. The Hall–Kier alpha value is -0.540. The van der Waals surface area contributed by atoms with Crippen molar-refractivity contribution in [1.29, 1.82) is 0 Å². The van der Waals surface area contributed by atoms with Gasteiger partial charge in [0.15, 0.2) is 0 Å². The summed E-state index contributed by atoms with van der Waals surface area (Å²) in [5.74, 6) is 1.49. The Kier molecular flexibility index (Phi) is 4.42. The Bertz CT molecular complexity index is 201. The molecule has 0 fully saturated rings. The van der Waals surface area contributed by atoms with E-state index in [1.165, 1.54) is 0 Å². The van der Waals surface area contributed by atoms with Gasteiger partial charge in [-0.15, -0.1) is 0 Å². The van der Waals surface area contributed by atoms with Crippen molar-refractivity contribution in [2.45, 2.75) is 20.3 Å². The number of ether oxygens (including phenoxy) is 1. The van der Waals surface area contributed by atoms with Crippen LogP contribution >= 0.6 is 0 Å². The van der Waals surface area contributed by atoms with Gasteiger partial charge in [-0.05, 0) is 31.3 Å². The van der Waals surface area contributed by atoms with E-state index in [0.29, 0.717) is 6.61 Å². The Morgan fingerprint density at radius 1 is 1.43 bits per heavy atom. The number of aliphatic hydroxyl groups is 2. The van der Waals surface area contributed by atoms with Gasteiger partial charge in [0, 0.05) is 19.1 Å². The Morgan fingerprint density at radius 2 is 2.14 bits per heavy atom. The Balaban J connectivity index is 2.70. The second-order valence-electron chi connectivity index (χ2n) is 3.85. The van der Waals surface area contributed by atoms with E-state index in [9.17, 15) is 5.11 Å². The summed E-state index contributed by atoms with van der Waals surface area (Å²) < 4.78 is 5.49. The van der Waals surface area contributed by atoms with Crippen LogP contribution in [0.15, 0.2) is 11.8 Å². The lowest BCUT2D eigenvalue weighted by molar-refractivity contribution is 0.0568. The maximum absolute atomic E-state index is 9.26. The van der Waals surface area contributed by atoms with Crippen molar-refractivity contribution in [2.24, 2.45) is 17.8 Å². The number of hydrogen-bond acceptors (Lipinski definition) is 3. The zero-order valence-electron chi connectivity index (χ0n) is 8.94. The van der Waals surface area contributed by atoms with Gasteiger partial charge in [0.2, 0.25) is 0 Å². The first kappa shape index (κ1) is 11.5. The van der Waals surface area contributed by atoms with Gasteiger partial charge < -0.3 is 14.9 Å². The van der Waals surface area contributed by atoms with Gasteiger partial charge in [-0.3, -0.25) is 0 Å². The first-order chi connectivity index (χ1) is 6.74. The van der Waals surface area contributed by atoms with Crippen LogP contribution in [0, 0.1) is 17.8 Å². The molecule has 0 aromatic rings. The molecule has 0 radical (unpaired) electrons. The van der Waals surface area contributed by atoms with E-state index in [2.05, 4.69) is 0 Å². The third-order valence-electron chi connectivity index (χ3n) is 3.07. The number of aliphatic hydroxyl groups excluding tert-OH is 2. The topological polar surface area (TPSA) is 49.7 Å². The molecule has 1 aliphatic rings. The lowest BCUT2D eigenvalue weighted by Gasteiger charge is -2.34. The Labute approximate surface area is 85.4 Å². The van der Waals surface area contributed by atoms with Crippen molar-refractivity contribution in [2.75, 3.05) is 19.8 Å². The average molecular weight is 200 g/mol. The molecule has 0 amide bonds. The number of allylic oxidation sites excluding steroid dienone is 2. The van der Waals surface area contributed by atoms with Crippen molar-refractivity contribution in [3.63, 3.8) is 0 Å². The quantitative estimate of drug-likeness (QED) is 0.716. The molecule has 0 aromatic heterocycles. The molecule has 0 saturated carbocycles. The summed E-state index contributed by atoms with van der Waals surface area (Å²) in [6.45, 7) is 4.93. The summed E-state index contributed by atoms with van der Waals surface area (Å²) in [5.41, 5.74) is 0. The van der Waals surface area contributed by atoms with Crippen LogP contribution < -0.4 is 0 Å². The molecular weight excluding hydrogens is 180 g/mol. The van der Waals surface area contributed by atoms with E-state index in [4.69, 9.17) is 9.84 Å². The fourth-order valence-electron chi connectivity index (χ4n) is 2.12. The lowest BCUT2D eigenvalue weighted by atomic mass is 9.76. The van der Waals surface area contributed by atoms with Gasteiger partial charge in [-0.25, -0.2) is 0 Å². The smallest absolute Gasteiger partial charge is 0.0951 e. The highest BCUT2D eigenvalue weighted by Gasteiger charge is 2.32. The van der Waals surface area contributed by atoms with E-state index >= 15 is 0 Å². The standard InChI is InChI=1S/C11H20O3/c1-3-14-11-5-4-9(6-12)10(7-13)8(11)2/h5,8-10,12-13H,3-4,6-7H2,1-2H3/t8-,9+,10+/m1/s1. The van der Waals surface area contributed by atoms with Gasteiger partial charge in [-0.2, -0.15) is 0 Å². The van der Waals surface area contributed by atoms with Crippen molar-refractivity contribution in [1.82, 2.24) is 0 Å². The highest BCUT2D eigenvalue weighted by molar-refractivity contribution is 5.06. The highest BCUT2D eigenvalue weighted by Crippen LogP contribution is 2.34. The maximum Gasteiger partial charge on any atom is 0.0951 e. The van der Waals surface area contributed by atoms with Gasteiger partial charge in [0.1, 0.15) is 0 Å². The molecular formula is C11H20O3. The summed E-state index contributed by atoms with van der Waals surface area (Å²) in [6, 6.07) is 0. The van der Waals surface area contributed by atoms with Crippen LogP contribution in [0.1, 0.15) is 20.3 Å². The minimum Gasteiger partial charge on any atom is -0.498 e. The molecule has 2 N–H and O–H groups in total. The van der Waals surface area contributed by atoms with Crippen LogP contribution in [0.5, 0.6) is 0 Å². The Morgan fingerprint density at radius 3 is 2.64 bits per heavy atom. The average Bonchev–Trinajstić information content (AvgIpc) is 2.21. The monoisotopic (exact) mass is 200 g/mol. The molecule has 1 rings (SSSR count). The molecule has 0 heterocycles. The van der Waals surface area contributed by atoms with Gasteiger partial charge in [-0.1, -0.05) is 6.92 Å². The third-order valence-corrected chi connectivity index (χ3v) is 3.07. The lowest BCUT2D eigenvalue weighted by Crippen LogP contribution is -2.32. The SMILES string of the molecule is CCOC1=CC[C@@H](CO)[C@@H](CO)[C@H]1C. The zero-order valence-corrected chi connectivity index (χ0v) is 8.94. The summed E-state index contributed by atoms with van der Waals surface area (Å²) in [4.78, 5) is 0. The van der Waals surface area contributed by atoms with Crippen LogP contribution in [0.4, 0.5) is 0 Å². The van der Waals surface area contributed by atoms with E-state index in [-0.39, 0.29) is 31.0 Å². The first-order valence-electron chi connectivity index (χ1n) is 5.29. The van der Waals surface area contributed by atoms with E-state index in [0.717, 1.165) is 12.2 Å². The predicted molar refractivity (Wildman–Crippen MR) is 54.6 cm³/mol. The summed E-state index contributed by atoms with van der Waals surface area (Å²) in [6.07, 6.45) is 2.85. The molecule has 3 atom stereocenters. The molecule has 0 unspecified atom stereocenters. The molecule has 1 aliphatic carbocycles. The zero-order chi connectivity index (χ0) is 10.6. The first-order valence-corrected chi connectivity index (χ1v) is 5.29. The number of rotatable bonds is 4. The molecule has 0 aromatic carbocycles. The van der Waals surface area contributed by atoms with Crippen LogP contribution in [-0.2, 0) is 4.74 Å². The van der Waals surface area contributed by atoms with Crippen LogP contribution in [0.25, 0.3) is 0 Å². The van der Waals surface area contributed by atoms with Crippen molar-refractivity contribution in [3.05, 3.63) is 11.8 Å². The van der Waals surface area contributed by atoms with Gasteiger partial charge in [0.25, 0.3) is 0 Å². The highest BCUT2D eigenvalue weighted by atomic mass is 16.5. The van der Waals surface area contributed by atoms with E-state index in [1.54, 1.807) is 0 Å². The molecule has 3 nitrogen and oxygen atoms in total. The van der Waals surface area contributed by atoms with E-state index in [1.807, 2.05) is 19.9 Å². The van der Waals surface area contributed by atoms with Gasteiger partial charge in [0.05, 0.1) is 12.4 Å². The van der Waals surface area contributed by atoms with Crippen LogP contribution in [0.3, 0.4) is 0 Å². The molecule has 0 spiro atoms. The number of hydrogen-bond donors (Lipinski definition) is 2. The third kappa shape index (κ3) is 2.28. The largest absolute Gasteiger partial charge is 0.498 e. The second kappa shape index (κ2) is 5.37. The molecule has 0 aliphatic heterocycles. The van der Waals surface area contributed by atoms with Crippen LogP contribution in [-0.4, -0.2) is 30.0 Å². The van der Waals surface area contributed by atoms with E-state index < -0.39 is 0 Å². The maximum atomic E-state index is 9.26. The van der Waals surface area contributed by atoms with Crippen molar-refractivity contribution < 1.29 is 14.9 Å². The molecule has 0 saturated heterocycles. The second-order valence-corrected chi connectivity index (χ2v) is 3.85. The summed E-state index contributed by atoms with van der Waals surface area (Å²) in [5, 5.41) is 18.4. The summed E-state index contributed by atoms with van der Waals surface area (Å²) in [7, 11) is 0. The molecule has 0 bridgehead atoms. The van der Waals surface area contributed by atoms with Crippen LogP contribution in [0.2, 0.25) is 0 Å². The van der Waals surface area contributed by atoms with Crippen molar-refractivity contribution in [3.8, 4) is 0 Å². The minimum atomic E-state index is 0.122. The fraction of sp³-hybridized carbons (Fsp3) is 0.818. The molecule has 14 heavy (non-hydrogen) atoms. The van der Waals surface area contributed by atoms with Gasteiger partial charge >= 0.3 is 0 Å².